The Morgan fingerprint density at radius 2 is 2.05 bits per heavy atom. The average Bonchev–Trinajstić information content (AvgIpc) is 3.21. The van der Waals surface area contributed by atoms with Crippen LogP contribution in [0.4, 0.5) is 0 Å². The second kappa shape index (κ2) is 6.72. The number of halogens is 1. The summed E-state index contributed by atoms with van der Waals surface area (Å²) in [6.07, 6.45) is 2.40. The van der Waals surface area contributed by atoms with Gasteiger partial charge in [-0.25, -0.2) is 4.79 Å². The van der Waals surface area contributed by atoms with Gasteiger partial charge < -0.3 is 15.7 Å². The maximum atomic E-state index is 11.8. The van der Waals surface area contributed by atoms with E-state index in [1.807, 2.05) is 0 Å². The maximum Gasteiger partial charge on any atom is 0.330 e. The summed E-state index contributed by atoms with van der Waals surface area (Å²) in [5.41, 5.74) is 0.386. The first-order valence-electron chi connectivity index (χ1n) is 6.55. The smallest absolute Gasteiger partial charge is 0.330 e. The normalized spacial score (nSPS) is 15.7. The maximum absolute atomic E-state index is 11.8. The summed E-state index contributed by atoms with van der Waals surface area (Å²) in [7, 11) is 0. The van der Waals surface area contributed by atoms with Crippen LogP contribution in [0.5, 0.6) is 0 Å². The molecule has 1 atom stereocenters. The van der Waals surface area contributed by atoms with E-state index >= 15 is 0 Å². The summed E-state index contributed by atoms with van der Waals surface area (Å²) in [6.45, 7) is 0.919. The lowest BCUT2D eigenvalue weighted by molar-refractivity contribution is -0.141. The van der Waals surface area contributed by atoms with Crippen LogP contribution in [0.3, 0.4) is 0 Å². The first-order chi connectivity index (χ1) is 9.58. The van der Waals surface area contributed by atoms with Gasteiger partial charge in [0.1, 0.15) is 0 Å². The number of benzene rings is 1. The van der Waals surface area contributed by atoms with E-state index in [4.69, 9.17) is 11.6 Å². The molecule has 0 saturated heterocycles. The number of carboxylic acid groups (broad SMARTS) is 1. The number of carboxylic acids is 1. The summed E-state index contributed by atoms with van der Waals surface area (Å²) in [5, 5.41) is 15.1. The Morgan fingerprint density at radius 3 is 2.65 bits per heavy atom. The molecular formula is C14H17ClN2O3. The van der Waals surface area contributed by atoms with Crippen LogP contribution < -0.4 is 10.6 Å². The van der Waals surface area contributed by atoms with Gasteiger partial charge in [0.2, 0.25) is 5.91 Å². The Balaban J connectivity index is 1.93. The molecule has 0 aromatic heterocycles. The number of hydrogen-bond donors (Lipinski definition) is 3. The van der Waals surface area contributed by atoms with Crippen molar-refractivity contribution in [3.8, 4) is 0 Å². The minimum atomic E-state index is -1.13. The Kier molecular flexibility index (Phi) is 4.98. The second-order valence-corrected chi connectivity index (χ2v) is 5.34. The van der Waals surface area contributed by atoms with E-state index in [0.717, 1.165) is 6.54 Å². The van der Waals surface area contributed by atoms with Crippen molar-refractivity contribution in [2.45, 2.75) is 18.9 Å². The molecule has 108 valence electrons. The molecule has 1 aliphatic carbocycles. The van der Waals surface area contributed by atoms with Crippen LogP contribution in [0.2, 0.25) is 5.02 Å². The van der Waals surface area contributed by atoms with Gasteiger partial charge in [-0.15, -0.1) is 0 Å². The molecule has 0 spiro atoms. The van der Waals surface area contributed by atoms with Crippen molar-refractivity contribution in [3.63, 3.8) is 0 Å². The Bertz CT molecular complexity index is 503. The van der Waals surface area contributed by atoms with Crippen molar-refractivity contribution in [1.82, 2.24) is 10.6 Å². The quantitative estimate of drug-likeness (QED) is 0.714. The minimum Gasteiger partial charge on any atom is -0.479 e. The minimum absolute atomic E-state index is 0.116. The highest BCUT2D eigenvalue weighted by Gasteiger charge is 2.24. The number of aliphatic carboxylic acids is 1. The van der Waals surface area contributed by atoms with Crippen molar-refractivity contribution in [2.75, 3.05) is 13.1 Å². The standard InChI is InChI=1S/C14H17ClN2O3/c15-11-4-2-1-3-10(11)13(14(19)20)17-12(18)8-16-7-9-5-6-9/h1-4,9,13,16H,5-8H2,(H,17,18)(H,19,20)/t13-/m1/s1. The van der Waals surface area contributed by atoms with Crippen LogP contribution in [0.1, 0.15) is 24.4 Å². The van der Waals surface area contributed by atoms with Crippen LogP contribution >= 0.6 is 11.6 Å². The molecule has 0 heterocycles. The zero-order chi connectivity index (χ0) is 14.5. The van der Waals surface area contributed by atoms with E-state index in [1.54, 1.807) is 24.3 Å². The predicted octanol–water partition coefficient (Wildman–Crippen LogP) is 1.58. The number of carbonyl (C=O) groups excluding carboxylic acids is 1. The molecule has 1 amide bonds. The highest BCUT2D eigenvalue weighted by atomic mass is 35.5. The Labute approximate surface area is 122 Å². The zero-order valence-electron chi connectivity index (χ0n) is 10.9. The molecule has 2 rings (SSSR count). The van der Waals surface area contributed by atoms with Gasteiger partial charge in [0.15, 0.2) is 6.04 Å². The van der Waals surface area contributed by atoms with Crippen molar-refractivity contribution >= 4 is 23.5 Å². The highest BCUT2D eigenvalue weighted by molar-refractivity contribution is 6.31. The van der Waals surface area contributed by atoms with E-state index in [2.05, 4.69) is 10.6 Å². The topological polar surface area (TPSA) is 78.4 Å². The molecular weight excluding hydrogens is 280 g/mol. The summed E-state index contributed by atoms with van der Waals surface area (Å²) in [4.78, 5) is 23.1. The first kappa shape index (κ1) is 14.8. The first-order valence-corrected chi connectivity index (χ1v) is 6.93. The van der Waals surface area contributed by atoms with Crippen molar-refractivity contribution < 1.29 is 14.7 Å². The molecule has 0 radical (unpaired) electrons. The fourth-order valence-corrected chi connectivity index (χ4v) is 2.15. The number of nitrogens with one attached hydrogen (secondary N) is 2. The highest BCUT2D eigenvalue weighted by Crippen LogP contribution is 2.27. The largest absolute Gasteiger partial charge is 0.479 e. The van der Waals surface area contributed by atoms with Crippen molar-refractivity contribution in [2.24, 2.45) is 5.92 Å². The molecule has 0 unspecified atom stereocenters. The third kappa shape index (κ3) is 4.21. The van der Waals surface area contributed by atoms with Gasteiger partial charge >= 0.3 is 5.97 Å². The SMILES string of the molecule is O=C(CNCC1CC1)N[C@@H](C(=O)O)c1ccccc1Cl. The third-order valence-corrected chi connectivity index (χ3v) is 3.53. The van der Waals surface area contributed by atoms with Gasteiger partial charge in [-0.1, -0.05) is 29.8 Å². The molecule has 6 heteroatoms. The number of amides is 1. The lowest BCUT2D eigenvalue weighted by Crippen LogP contribution is -2.39. The van der Waals surface area contributed by atoms with Gasteiger partial charge in [0, 0.05) is 10.6 Å². The second-order valence-electron chi connectivity index (χ2n) is 4.93. The van der Waals surface area contributed by atoms with Crippen LogP contribution in [-0.2, 0) is 9.59 Å². The van der Waals surface area contributed by atoms with Gasteiger partial charge in [-0.3, -0.25) is 4.79 Å². The van der Waals surface area contributed by atoms with E-state index in [1.165, 1.54) is 12.8 Å². The number of hydrogen-bond acceptors (Lipinski definition) is 3. The molecule has 1 fully saturated rings. The summed E-state index contributed by atoms with van der Waals surface area (Å²) >= 11 is 5.97. The van der Waals surface area contributed by atoms with E-state index < -0.39 is 12.0 Å². The summed E-state index contributed by atoms with van der Waals surface area (Å²) < 4.78 is 0. The molecule has 20 heavy (non-hydrogen) atoms. The lowest BCUT2D eigenvalue weighted by atomic mass is 10.1. The Hall–Kier alpha value is -1.59. The van der Waals surface area contributed by atoms with E-state index in [-0.39, 0.29) is 12.5 Å². The molecule has 1 aromatic rings. The van der Waals surface area contributed by atoms with Gasteiger partial charge in [0.25, 0.3) is 0 Å². The van der Waals surface area contributed by atoms with Gasteiger partial charge in [-0.2, -0.15) is 0 Å². The van der Waals surface area contributed by atoms with Gasteiger partial charge in [0.05, 0.1) is 6.54 Å². The average molecular weight is 297 g/mol. The molecule has 1 saturated carbocycles. The monoisotopic (exact) mass is 296 g/mol. The molecule has 1 aromatic carbocycles. The van der Waals surface area contributed by atoms with Crippen LogP contribution in [0.25, 0.3) is 0 Å². The molecule has 5 nitrogen and oxygen atoms in total. The van der Waals surface area contributed by atoms with Crippen molar-refractivity contribution in [3.05, 3.63) is 34.9 Å². The van der Waals surface area contributed by atoms with Gasteiger partial charge in [-0.05, 0) is 31.4 Å². The van der Waals surface area contributed by atoms with Crippen molar-refractivity contribution in [1.29, 1.82) is 0 Å². The fourth-order valence-electron chi connectivity index (χ4n) is 1.91. The number of carbonyl (C=O) groups is 2. The van der Waals surface area contributed by atoms with Crippen LogP contribution in [0.15, 0.2) is 24.3 Å². The number of rotatable bonds is 7. The van der Waals surface area contributed by atoms with E-state index in [9.17, 15) is 14.7 Å². The van der Waals surface area contributed by atoms with Crippen LogP contribution in [-0.4, -0.2) is 30.1 Å². The molecule has 0 aliphatic heterocycles. The predicted molar refractivity (Wildman–Crippen MR) is 75.6 cm³/mol. The molecule has 1 aliphatic rings. The Morgan fingerprint density at radius 1 is 1.35 bits per heavy atom. The summed E-state index contributed by atoms with van der Waals surface area (Å²) in [5.74, 6) is -0.812. The van der Waals surface area contributed by atoms with E-state index in [0.29, 0.717) is 16.5 Å². The molecule has 0 bridgehead atoms. The summed E-state index contributed by atoms with van der Waals surface area (Å²) in [6, 6.07) is 5.47. The fraction of sp³-hybridized carbons (Fsp3) is 0.429. The molecule has 3 N–H and O–H groups in total. The zero-order valence-corrected chi connectivity index (χ0v) is 11.7. The third-order valence-electron chi connectivity index (χ3n) is 3.18. The van der Waals surface area contributed by atoms with Crippen LogP contribution in [0, 0.1) is 5.92 Å². The lowest BCUT2D eigenvalue weighted by Gasteiger charge is -2.16.